The first-order valence-corrected chi connectivity index (χ1v) is 8.68. The number of thiophene rings is 1. The van der Waals surface area contributed by atoms with Crippen LogP contribution in [0.1, 0.15) is 24.4 Å². The molecule has 0 spiro atoms. The summed E-state index contributed by atoms with van der Waals surface area (Å²) in [4.78, 5) is 9.73. The smallest absolute Gasteiger partial charge is 0.191 e. The summed E-state index contributed by atoms with van der Waals surface area (Å²) < 4.78 is 0. The molecule has 23 heavy (non-hydrogen) atoms. The van der Waals surface area contributed by atoms with Crippen molar-refractivity contribution in [1.29, 1.82) is 0 Å². The monoisotopic (exact) mass is 332 g/mol. The van der Waals surface area contributed by atoms with E-state index in [2.05, 4.69) is 20.6 Å². The maximum atomic E-state index is 10.5. The third-order valence-electron chi connectivity index (χ3n) is 3.34. The van der Waals surface area contributed by atoms with Crippen molar-refractivity contribution >= 4 is 17.3 Å². The van der Waals surface area contributed by atoms with Gasteiger partial charge in [0.1, 0.15) is 5.60 Å². The van der Waals surface area contributed by atoms with Gasteiger partial charge in [-0.1, -0.05) is 12.1 Å². The Hall–Kier alpha value is -1.92. The molecule has 1 atom stereocenters. The zero-order valence-corrected chi connectivity index (χ0v) is 14.4. The Labute approximate surface area is 141 Å². The Morgan fingerprint density at radius 1 is 1.30 bits per heavy atom. The number of pyridine rings is 1. The fraction of sp³-hybridized carbons (Fsp3) is 0.412. The van der Waals surface area contributed by atoms with Gasteiger partial charge in [-0.3, -0.25) is 4.98 Å². The largest absolute Gasteiger partial charge is 0.383 e. The predicted molar refractivity (Wildman–Crippen MR) is 95.8 cm³/mol. The molecule has 124 valence electrons. The first kappa shape index (κ1) is 17.4. The average molecular weight is 332 g/mol. The fourth-order valence-corrected chi connectivity index (χ4v) is 2.87. The van der Waals surface area contributed by atoms with Crippen molar-refractivity contribution < 1.29 is 5.11 Å². The Kier molecular flexibility index (Phi) is 6.55. The number of aliphatic hydroxyl groups is 1. The van der Waals surface area contributed by atoms with E-state index >= 15 is 0 Å². The van der Waals surface area contributed by atoms with E-state index in [-0.39, 0.29) is 0 Å². The van der Waals surface area contributed by atoms with E-state index in [1.807, 2.05) is 42.6 Å². The molecule has 6 heteroatoms. The molecule has 0 aliphatic rings. The maximum absolute atomic E-state index is 10.5. The van der Waals surface area contributed by atoms with Gasteiger partial charge in [-0.25, -0.2) is 4.99 Å². The van der Waals surface area contributed by atoms with Crippen molar-refractivity contribution in [3.63, 3.8) is 0 Å². The average Bonchev–Trinajstić information content (AvgIpc) is 3.09. The van der Waals surface area contributed by atoms with E-state index in [0.717, 1.165) is 30.1 Å². The lowest BCUT2D eigenvalue weighted by Gasteiger charge is -2.20. The van der Waals surface area contributed by atoms with Crippen molar-refractivity contribution in [2.45, 2.75) is 25.9 Å². The molecule has 0 aliphatic heterocycles. The fourth-order valence-electron chi connectivity index (χ4n) is 2.09. The molecule has 0 radical (unpaired) electrons. The Morgan fingerprint density at radius 2 is 2.17 bits per heavy atom. The summed E-state index contributed by atoms with van der Waals surface area (Å²) in [6.45, 7) is 5.64. The molecular weight excluding hydrogens is 308 g/mol. The predicted octanol–water partition coefficient (Wildman–Crippen LogP) is 2.15. The quantitative estimate of drug-likeness (QED) is 0.537. The van der Waals surface area contributed by atoms with Crippen molar-refractivity contribution in [3.05, 3.63) is 52.5 Å². The van der Waals surface area contributed by atoms with Gasteiger partial charge in [0, 0.05) is 36.3 Å². The number of nitrogens with zero attached hydrogens (tertiary/aromatic N) is 2. The molecule has 0 saturated heterocycles. The van der Waals surface area contributed by atoms with E-state index in [4.69, 9.17) is 0 Å². The first-order valence-electron chi connectivity index (χ1n) is 7.80. The van der Waals surface area contributed by atoms with Gasteiger partial charge >= 0.3 is 0 Å². The standard InChI is InChI=1S/C17H24N4OS/c1-3-18-16(20-11-9-14-7-4-5-10-19-14)21-13-17(2,22)15-8-6-12-23-15/h4-8,10,12,22H,3,9,11,13H2,1-2H3,(H2,18,20,21). The highest BCUT2D eigenvalue weighted by atomic mass is 32.1. The first-order chi connectivity index (χ1) is 11.1. The van der Waals surface area contributed by atoms with Gasteiger partial charge in [-0.15, -0.1) is 11.3 Å². The molecule has 0 amide bonds. The zero-order valence-electron chi connectivity index (χ0n) is 13.6. The van der Waals surface area contributed by atoms with E-state index in [0.29, 0.717) is 12.5 Å². The molecule has 3 N–H and O–H groups in total. The minimum atomic E-state index is -0.947. The van der Waals surface area contributed by atoms with Crippen LogP contribution in [0.5, 0.6) is 0 Å². The lowest BCUT2D eigenvalue weighted by molar-refractivity contribution is 0.0711. The Balaban J connectivity index is 1.89. The second kappa shape index (κ2) is 8.64. The van der Waals surface area contributed by atoms with Crippen molar-refractivity contribution in [3.8, 4) is 0 Å². The number of aliphatic imine (C=N–C) groups is 1. The van der Waals surface area contributed by atoms with Crippen molar-refractivity contribution in [2.75, 3.05) is 19.6 Å². The highest BCUT2D eigenvalue weighted by Crippen LogP contribution is 2.25. The van der Waals surface area contributed by atoms with Gasteiger partial charge in [-0.05, 0) is 37.4 Å². The van der Waals surface area contributed by atoms with E-state index in [1.165, 1.54) is 0 Å². The van der Waals surface area contributed by atoms with Crippen molar-refractivity contribution in [2.24, 2.45) is 4.99 Å². The summed E-state index contributed by atoms with van der Waals surface area (Å²) in [7, 11) is 0. The second-order valence-electron chi connectivity index (χ2n) is 5.44. The normalized spacial score (nSPS) is 14.3. The third kappa shape index (κ3) is 5.65. The van der Waals surface area contributed by atoms with E-state index in [1.54, 1.807) is 24.5 Å². The molecule has 5 nitrogen and oxygen atoms in total. The summed E-state index contributed by atoms with van der Waals surface area (Å²) in [6, 6.07) is 9.78. The van der Waals surface area contributed by atoms with E-state index in [9.17, 15) is 5.11 Å². The van der Waals surface area contributed by atoms with Crippen LogP contribution < -0.4 is 10.6 Å². The van der Waals surface area contributed by atoms with Crippen LogP contribution in [-0.4, -0.2) is 35.7 Å². The lowest BCUT2D eigenvalue weighted by Crippen LogP contribution is -2.39. The number of nitrogens with one attached hydrogen (secondary N) is 2. The molecule has 2 aromatic rings. The Bertz CT molecular complexity index is 596. The lowest BCUT2D eigenvalue weighted by atomic mass is 10.1. The van der Waals surface area contributed by atoms with Gasteiger partial charge in [0.15, 0.2) is 5.96 Å². The van der Waals surface area contributed by atoms with Crippen LogP contribution in [0, 0.1) is 0 Å². The molecule has 0 saturated carbocycles. The van der Waals surface area contributed by atoms with Crippen LogP contribution in [0.2, 0.25) is 0 Å². The van der Waals surface area contributed by atoms with Crippen LogP contribution in [0.25, 0.3) is 0 Å². The van der Waals surface area contributed by atoms with Gasteiger partial charge in [0.2, 0.25) is 0 Å². The highest BCUT2D eigenvalue weighted by molar-refractivity contribution is 7.10. The summed E-state index contributed by atoms with van der Waals surface area (Å²) in [5, 5.41) is 19.0. The number of hydrogen-bond donors (Lipinski definition) is 3. The number of aromatic nitrogens is 1. The molecule has 1 unspecified atom stereocenters. The van der Waals surface area contributed by atoms with Gasteiger partial charge < -0.3 is 15.7 Å². The molecule has 2 heterocycles. The van der Waals surface area contributed by atoms with Crippen LogP contribution in [-0.2, 0) is 12.0 Å². The van der Waals surface area contributed by atoms with E-state index < -0.39 is 5.60 Å². The van der Waals surface area contributed by atoms with Crippen LogP contribution in [0.4, 0.5) is 0 Å². The minimum absolute atomic E-state index is 0.312. The molecule has 2 rings (SSSR count). The minimum Gasteiger partial charge on any atom is -0.383 e. The summed E-state index contributed by atoms with van der Waals surface area (Å²) in [5.74, 6) is 0.709. The maximum Gasteiger partial charge on any atom is 0.191 e. The summed E-state index contributed by atoms with van der Waals surface area (Å²) in [5.41, 5.74) is 0.0961. The number of guanidine groups is 1. The Morgan fingerprint density at radius 3 is 2.83 bits per heavy atom. The molecule has 0 aromatic carbocycles. The molecular formula is C17H24N4OS. The topological polar surface area (TPSA) is 69.5 Å². The van der Waals surface area contributed by atoms with Gasteiger partial charge in [0.05, 0.1) is 6.54 Å². The summed E-state index contributed by atoms with van der Waals surface area (Å²) in [6.07, 6.45) is 2.62. The zero-order chi connectivity index (χ0) is 16.5. The van der Waals surface area contributed by atoms with Crippen LogP contribution in [0.15, 0.2) is 46.9 Å². The number of rotatable bonds is 7. The van der Waals surface area contributed by atoms with Gasteiger partial charge in [-0.2, -0.15) is 0 Å². The molecule has 0 fully saturated rings. The molecule has 0 bridgehead atoms. The van der Waals surface area contributed by atoms with Crippen molar-refractivity contribution in [1.82, 2.24) is 15.6 Å². The summed E-state index contributed by atoms with van der Waals surface area (Å²) >= 11 is 1.54. The molecule has 0 aliphatic carbocycles. The third-order valence-corrected chi connectivity index (χ3v) is 4.46. The SMILES string of the molecule is CCNC(=NCC(C)(O)c1cccs1)NCCc1ccccn1. The van der Waals surface area contributed by atoms with Crippen LogP contribution in [0.3, 0.4) is 0 Å². The second-order valence-corrected chi connectivity index (χ2v) is 6.39. The van der Waals surface area contributed by atoms with Gasteiger partial charge in [0.25, 0.3) is 0 Å². The van der Waals surface area contributed by atoms with Crippen LogP contribution >= 0.6 is 11.3 Å². The molecule has 2 aromatic heterocycles. The highest BCUT2D eigenvalue weighted by Gasteiger charge is 2.23. The number of hydrogen-bond acceptors (Lipinski definition) is 4.